The van der Waals surface area contributed by atoms with Gasteiger partial charge in [-0.05, 0) is 45.7 Å². The first-order chi connectivity index (χ1) is 10.1. The van der Waals surface area contributed by atoms with Crippen LogP contribution < -0.4 is 10.6 Å². The SMILES string of the molecule is Cc1n[nH]c(C)c1CCCNC(C)C(=O)Nc1nccs1. The topological polar surface area (TPSA) is 82.7 Å². The van der Waals surface area contributed by atoms with E-state index in [9.17, 15) is 4.79 Å². The highest BCUT2D eigenvalue weighted by molar-refractivity contribution is 7.13. The maximum atomic E-state index is 11.9. The van der Waals surface area contributed by atoms with Crippen molar-refractivity contribution in [2.45, 2.75) is 39.7 Å². The summed E-state index contributed by atoms with van der Waals surface area (Å²) in [5.74, 6) is -0.0550. The van der Waals surface area contributed by atoms with Gasteiger partial charge in [0.15, 0.2) is 5.13 Å². The standard InChI is InChI=1S/C14H21N5OS/c1-9-12(10(2)19-18-9)5-4-6-15-11(3)13(20)17-14-16-7-8-21-14/h7-8,11,15H,4-6H2,1-3H3,(H,18,19)(H,16,17,20). The number of carbonyl (C=O) groups is 1. The average molecular weight is 307 g/mol. The van der Waals surface area contributed by atoms with Gasteiger partial charge in [-0.2, -0.15) is 5.10 Å². The molecular formula is C14H21N5OS. The Bertz CT molecular complexity index is 559. The third-order valence-electron chi connectivity index (χ3n) is 3.39. The minimum absolute atomic E-state index is 0.0550. The molecule has 3 N–H and O–H groups in total. The molecule has 7 heteroatoms. The Morgan fingerprint density at radius 3 is 2.90 bits per heavy atom. The number of amides is 1. The number of H-pyrrole nitrogens is 1. The van der Waals surface area contributed by atoms with Gasteiger partial charge in [-0.3, -0.25) is 9.89 Å². The Balaban J connectivity index is 1.69. The normalized spacial score (nSPS) is 12.3. The molecule has 0 aliphatic carbocycles. The molecule has 6 nitrogen and oxygen atoms in total. The zero-order valence-electron chi connectivity index (χ0n) is 12.6. The van der Waals surface area contributed by atoms with Crippen LogP contribution in [0.5, 0.6) is 0 Å². The summed E-state index contributed by atoms with van der Waals surface area (Å²) in [4.78, 5) is 16.0. The molecule has 0 radical (unpaired) electrons. The van der Waals surface area contributed by atoms with E-state index in [1.54, 1.807) is 6.20 Å². The highest BCUT2D eigenvalue weighted by atomic mass is 32.1. The molecule has 0 aliphatic heterocycles. The number of hydrogen-bond donors (Lipinski definition) is 3. The van der Waals surface area contributed by atoms with E-state index in [0.717, 1.165) is 30.8 Å². The van der Waals surface area contributed by atoms with Gasteiger partial charge >= 0.3 is 0 Å². The van der Waals surface area contributed by atoms with Gasteiger partial charge in [0, 0.05) is 17.3 Å². The van der Waals surface area contributed by atoms with Crippen molar-refractivity contribution in [3.63, 3.8) is 0 Å². The molecule has 1 amide bonds. The van der Waals surface area contributed by atoms with Gasteiger partial charge in [-0.15, -0.1) is 11.3 Å². The summed E-state index contributed by atoms with van der Waals surface area (Å²) in [6.07, 6.45) is 3.60. The zero-order valence-corrected chi connectivity index (χ0v) is 13.4. The van der Waals surface area contributed by atoms with Crippen molar-refractivity contribution in [3.05, 3.63) is 28.5 Å². The second-order valence-electron chi connectivity index (χ2n) is 5.02. The van der Waals surface area contributed by atoms with E-state index in [0.29, 0.717) is 5.13 Å². The van der Waals surface area contributed by atoms with E-state index in [4.69, 9.17) is 0 Å². The fourth-order valence-electron chi connectivity index (χ4n) is 2.12. The van der Waals surface area contributed by atoms with Crippen molar-refractivity contribution < 1.29 is 4.79 Å². The van der Waals surface area contributed by atoms with Gasteiger partial charge in [0.1, 0.15) is 0 Å². The smallest absolute Gasteiger partial charge is 0.243 e. The quantitative estimate of drug-likeness (QED) is 0.684. The van der Waals surface area contributed by atoms with Crippen LogP contribution in [0.25, 0.3) is 0 Å². The molecule has 2 aromatic rings. The maximum absolute atomic E-state index is 11.9. The van der Waals surface area contributed by atoms with Crippen LogP contribution in [0.1, 0.15) is 30.3 Å². The first kappa shape index (κ1) is 15.7. The number of nitrogens with one attached hydrogen (secondary N) is 3. The molecule has 2 heterocycles. The van der Waals surface area contributed by atoms with Crippen molar-refractivity contribution >= 4 is 22.4 Å². The fraction of sp³-hybridized carbons (Fsp3) is 0.500. The van der Waals surface area contributed by atoms with Crippen LogP contribution in [0, 0.1) is 13.8 Å². The molecule has 2 aromatic heterocycles. The largest absolute Gasteiger partial charge is 0.306 e. The summed E-state index contributed by atoms with van der Waals surface area (Å²) < 4.78 is 0. The summed E-state index contributed by atoms with van der Waals surface area (Å²) >= 11 is 1.42. The van der Waals surface area contributed by atoms with Crippen molar-refractivity contribution in [3.8, 4) is 0 Å². The molecule has 0 saturated heterocycles. The van der Waals surface area contributed by atoms with E-state index in [2.05, 4.69) is 25.8 Å². The molecule has 0 aromatic carbocycles. The maximum Gasteiger partial charge on any atom is 0.243 e. The number of aromatic nitrogens is 3. The molecule has 21 heavy (non-hydrogen) atoms. The predicted molar refractivity (Wildman–Crippen MR) is 84.6 cm³/mol. The number of carbonyl (C=O) groups excluding carboxylic acids is 1. The Morgan fingerprint density at radius 2 is 2.29 bits per heavy atom. The number of nitrogens with zero attached hydrogens (tertiary/aromatic N) is 2. The fourth-order valence-corrected chi connectivity index (χ4v) is 2.65. The second kappa shape index (κ2) is 7.33. The predicted octanol–water partition coefficient (Wildman–Crippen LogP) is 2.03. The van der Waals surface area contributed by atoms with Crippen molar-refractivity contribution in [2.24, 2.45) is 0 Å². The van der Waals surface area contributed by atoms with Gasteiger partial charge in [-0.1, -0.05) is 0 Å². The van der Waals surface area contributed by atoms with Gasteiger partial charge in [0.05, 0.1) is 11.7 Å². The lowest BCUT2D eigenvalue weighted by Gasteiger charge is -2.12. The first-order valence-corrected chi connectivity index (χ1v) is 7.90. The van der Waals surface area contributed by atoms with Crippen LogP contribution in [-0.2, 0) is 11.2 Å². The van der Waals surface area contributed by atoms with Gasteiger partial charge in [-0.25, -0.2) is 4.98 Å². The number of rotatable bonds is 7. The van der Waals surface area contributed by atoms with Crippen LogP contribution in [-0.4, -0.2) is 33.7 Å². The third kappa shape index (κ3) is 4.37. The van der Waals surface area contributed by atoms with E-state index in [1.807, 2.05) is 26.2 Å². The van der Waals surface area contributed by atoms with Gasteiger partial charge in [0.2, 0.25) is 5.91 Å². The van der Waals surface area contributed by atoms with E-state index in [1.165, 1.54) is 16.9 Å². The summed E-state index contributed by atoms with van der Waals surface area (Å²) in [6, 6.07) is -0.236. The summed E-state index contributed by atoms with van der Waals surface area (Å²) in [5.41, 5.74) is 3.46. The first-order valence-electron chi connectivity index (χ1n) is 7.02. The molecule has 0 saturated carbocycles. The molecule has 2 rings (SSSR count). The van der Waals surface area contributed by atoms with E-state index >= 15 is 0 Å². The highest BCUT2D eigenvalue weighted by Crippen LogP contribution is 2.12. The minimum atomic E-state index is -0.236. The Morgan fingerprint density at radius 1 is 1.48 bits per heavy atom. The van der Waals surface area contributed by atoms with Crippen LogP contribution in [0.15, 0.2) is 11.6 Å². The van der Waals surface area contributed by atoms with E-state index < -0.39 is 0 Å². The zero-order chi connectivity index (χ0) is 15.2. The number of hydrogen-bond acceptors (Lipinski definition) is 5. The van der Waals surface area contributed by atoms with Crippen LogP contribution in [0.3, 0.4) is 0 Å². The van der Waals surface area contributed by atoms with Crippen LogP contribution >= 0.6 is 11.3 Å². The molecular weight excluding hydrogens is 286 g/mol. The lowest BCUT2D eigenvalue weighted by Crippen LogP contribution is -2.38. The lowest BCUT2D eigenvalue weighted by atomic mass is 10.1. The summed E-state index contributed by atoms with van der Waals surface area (Å²) in [5, 5.41) is 15.7. The number of thiazole rings is 1. The average Bonchev–Trinajstić information content (AvgIpc) is 3.07. The molecule has 0 fully saturated rings. The molecule has 0 spiro atoms. The molecule has 0 bridgehead atoms. The highest BCUT2D eigenvalue weighted by Gasteiger charge is 2.13. The van der Waals surface area contributed by atoms with Crippen molar-refractivity contribution in [1.82, 2.24) is 20.5 Å². The number of aryl methyl sites for hydroxylation is 2. The van der Waals surface area contributed by atoms with Crippen molar-refractivity contribution in [2.75, 3.05) is 11.9 Å². The molecule has 1 atom stereocenters. The van der Waals surface area contributed by atoms with Crippen LogP contribution in [0.4, 0.5) is 5.13 Å². The Hall–Kier alpha value is -1.73. The van der Waals surface area contributed by atoms with Crippen molar-refractivity contribution in [1.29, 1.82) is 0 Å². The third-order valence-corrected chi connectivity index (χ3v) is 4.08. The van der Waals surface area contributed by atoms with Gasteiger partial charge < -0.3 is 10.6 Å². The van der Waals surface area contributed by atoms with E-state index in [-0.39, 0.29) is 11.9 Å². The summed E-state index contributed by atoms with van der Waals surface area (Å²) in [7, 11) is 0. The monoisotopic (exact) mass is 307 g/mol. The second-order valence-corrected chi connectivity index (χ2v) is 5.91. The number of aromatic amines is 1. The van der Waals surface area contributed by atoms with Gasteiger partial charge in [0.25, 0.3) is 0 Å². The molecule has 0 aliphatic rings. The summed E-state index contributed by atoms with van der Waals surface area (Å²) in [6.45, 7) is 6.69. The number of anilines is 1. The Kier molecular flexibility index (Phi) is 5.46. The minimum Gasteiger partial charge on any atom is -0.306 e. The molecule has 114 valence electrons. The Labute approximate surface area is 128 Å². The van der Waals surface area contributed by atoms with Crippen LogP contribution in [0.2, 0.25) is 0 Å². The lowest BCUT2D eigenvalue weighted by molar-refractivity contribution is -0.117. The molecule has 1 unspecified atom stereocenters.